The molecule has 1 aromatic carbocycles. The van der Waals surface area contributed by atoms with Crippen LogP contribution in [0.1, 0.15) is 16.1 Å². The molecule has 5 heteroatoms. The standard InChI is InChI=1S/C15H16BrN3O/c1-9-4-13(15(20)18-8-10-6-17-7-10)12-5-11(16)2-3-14(12)19-9/h2-5,10,17H,6-8H2,1H3,(H,18,20). The lowest BCUT2D eigenvalue weighted by Gasteiger charge is -2.27. The molecule has 1 fully saturated rings. The molecular formula is C15H16BrN3O. The summed E-state index contributed by atoms with van der Waals surface area (Å²) in [5.41, 5.74) is 2.40. The third kappa shape index (κ3) is 2.69. The van der Waals surface area contributed by atoms with E-state index in [0.717, 1.165) is 40.7 Å². The number of rotatable bonds is 3. The summed E-state index contributed by atoms with van der Waals surface area (Å²) in [6, 6.07) is 7.67. The average Bonchev–Trinajstić information content (AvgIpc) is 2.36. The van der Waals surface area contributed by atoms with Crippen molar-refractivity contribution < 1.29 is 4.79 Å². The number of aryl methyl sites for hydroxylation is 1. The molecule has 4 nitrogen and oxygen atoms in total. The van der Waals surface area contributed by atoms with E-state index in [1.54, 1.807) is 0 Å². The van der Waals surface area contributed by atoms with E-state index in [2.05, 4.69) is 31.5 Å². The van der Waals surface area contributed by atoms with E-state index >= 15 is 0 Å². The first-order chi connectivity index (χ1) is 9.63. The quantitative estimate of drug-likeness (QED) is 0.905. The lowest BCUT2D eigenvalue weighted by molar-refractivity contribution is 0.0943. The summed E-state index contributed by atoms with van der Waals surface area (Å²) in [7, 11) is 0. The first-order valence-electron chi connectivity index (χ1n) is 6.69. The molecule has 2 heterocycles. The molecule has 3 rings (SSSR count). The highest BCUT2D eigenvalue weighted by Gasteiger charge is 2.18. The van der Waals surface area contributed by atoms with Crippen molar-refractivity contribution in [3.63, 3.8) is 0 Å². The SMILES string of the molecule is Cc1cc(C(=O)NCC2CNC2)c2cc(Br)ccc2n1. The number of nitrogens with zero attached hydrogens (tertiary/aromatic N) is 1. The lowest BCUT2D eigenvalue weighted by atomic mass is 10.0. The third-order valence-corrected chi connectivity index (χ3v) is 4.05. The first-order valence-corrected chi connectivity index (χ1v) is 7.48. The Morgan fingerprint density at radius 2 is 2.25 bits per heavy atom. The smallest absolute Gasteiger partial charge is 0.252 e. The van der Waals surface area contributed by atoms with Gasteiger partial charge in [-0.3, -0.25) is 9.78 Å². The number of halogens is 1. The minimum absolute atomic E-state index is 0.0227. The summed E-state index contributed by atoms with van der Waals surface area (Å²) in [4.78, 5) is 16.9. The zero-order chi connectivity index (χ0) is 14.1. The summed E-state index contributed by atoms with van der Waals surface area (Å²) < 4.78 is 0.952. The fourth-order valence-electron chi connectivity index (χ4n) is 2.34. The molecular weight excluding hydrogens is 318 g/mol. The number of carbonyl (C=O) groups is 1. The Morgan fingerprint density at radius 3 is 2.95 bits per heavy atom. The highest BCUT2D eigenvalue weighted by atomic mass is 79.9. The highest BCUT2D eigenvalue weighted by molar-refractivity contribution is 9.10. The van der Waals surface area contributed by atoms with Crippen LogP contribution < -0.4 is 10.6 Å². The van der Waals surface area contributed by atoms with E-state index < -0.39 is 0 Å². The number of fused-ring (bicyclic) bond motifs is 1. The molecule has 2 aromatic rings. The van der Waals surface area contributed by atoms with E-state index in [9.17, 15) is 4.79 Å². The third-order valence-electron chi connectivity index (χ3n) is 3.56. The number of aromatic nitrogens is 1. The van der Waals surface area contributed by atoms with Crippen LogP contribution in [-0.2, 0) is 0 Å². The van der Waals surface area contributed by atoms with Crippen molar-refractivity contribution >= 4 is 32.7 Å². The van der Waals surface area contributed by atoms with Gasteiger partial charge in [-0.05, 0) is 31.2 Å². The van der Waals surface area contributed by atoms with Gasteiger partial charge < -0.3 is 10.6 Å². The normalized spacial score (nSPS) is 15.1. The number of carbonyl (C=O) groups excluding carboxylic acids is 1. The van der Waals surface area contributed by atoms with Gasteiger partial charge in [0.25, 0.3) is 5.91 Å². The van der Waals surface area contributed by atoms with E-state index in [1.165, 1.54) is 0 Å². The van der Waals surface area contributed by atoms with E-state index in [-0.39, 0.29) is 5.91 Å². The molecule has 0 aliphatic carbocycles. The Labute approximate surface area is 126 Å². The van der Waals surface area contributed by atoms with Crippen molar-refractivity contribution in [2.75, 3.05) is 19.6 Å². The molecule has 1 aromatic heterocycles. The molecule has 0 saturated carbocycles. The average molecular weight is 334 g/mol. The summed E-state index contributed by atoms with van der Waals surface area (Å²) in [6.07, 6.45) is 0. The van der Waals surface area contributed by atoms with Gasteiger partial charge in [0.1, 0.15) is 0 Å². The Kier molecular flexibility index (Phi) is 3.72. The second-order valence-corrected chi connectivity index (χ2v) is 6.12. The summed E-state index contributed by atoms with van der Waals surface area (Å²) in [5.74, 6) is 0.533. The van der Waals surface area contributed by atoms with Gasteiger partial charge in [-0.2, -0.15) is 0 Å². The molecule has 2 N–H and O–H groups in total. The Hall–Kier alpha value is -1.46. The van der Waals surface area contributed by atoms with Crippen molar-refractivity contribution in [1.29, 1.82) is 0 Å². The van der Waals surface area contributed by atoms with Crippen molar-refractivity contribution in [2.24, 2.45) is 5.92 Å². The molecule has 0 radical (unpaired) electrons. The van der Waals surface area contributed by atoms with Crippen LogP contribution in [0.2, 0.25) is 0 Å². The second-order valence-electron chi connectivity index (χ2n) is 5.21. The predicted octanol–water partition coefficient (Wildman–Crippen LogP) is 2.25. The van der Waals surface area contributed by atoms with Crippen molar-refractivity contribution in [1.82, 2.24) is 15.6 Å². The van der Waals surface area contributed by atoms with Crippen LogP contribution in [0.5, 0.6) is 0 Å². The van der Waals surface area contributed by atoms with E-state index in [4.69, 9.17) is 0 Å². The minimum atomic E-state index is -0.0227. The monoisotopic (exact) mass is 333 g/mol. The molecule has 0 unspecified atom stereocenters. The maximum absolute atomic E-state index is 12.4. The first kappa shape index (κ1) is 13.5. The molecule has 0 spiro atoms. The lowest BCUT2D eigenvalue weighted by Crippen LogP contribution is -2.48. The van der Waals surface area contributed by atoms with Gasteiger partial charge in [0.15, 0.2) is 0 Å². The van der Waals surface area contributed by atoms with Crippen LogP contribution in [0.25, 0.3) is 10.9 Å². The van der Waals surface area contributed by atoms with Gasteiger partial charge in [0.2, 0.25) is 0 Å². The molecule has 1 saturated heterocycles. The van der Waals surface area contributed by atoms with Gasteiger partial charge in [-0.15, -0.1) is 0 Å². The van der Waals surface area contributed by atoms with Crippen molar-refractivity contribution in [3.05, 3.63) is 40.0 Å². The van der Waals surface area contributed by atoms with Crippen molar-refractivity contribution in [3.8, 4) is 0 Å². The number of nitrogens with one attached hydrogen (secondary N) is 2. The zero-order valence-electron chi connectivity index (χ0n) is 11.2. The van der Waals surface area contributed by atoms with E-state index in [0.29, 0.717) is 11.5 Å². The van der Waals surface area contributed by atoms with E-state index in [1.807, 2.05) is 31.2 Å². The molecule has 1 aliphatic rings. The maximum Gasteiger partial charge on any atom is 0.252 e. The van der Waals surface area contributed by atoms with Crippen LogP contribution in [0.3, 0.4) is 0 Å². The molecule has 1 amide bonds. The largest absolute Gasteiger partial charge is 0.352 e. The number of hydrogen-bond donors (Lipinski definition) is 2. The number of amides is 1. The molecule has 0 bridgehead atoms. The minimum Gasteiger partial charge on any atom is -0.352 e. The van der Waals surface area contributed by atoms with Crippen LogP contribution in [0.15, 0.2) is 28.7 Å². The maximum atomic E-state index is 12.4. The number of pyridine rings is 1. The number of hydrogen-bond acceptors (Lipinski definition) is 3. The van der Waals surface area contributed by atoms with Crippen LogP contribution in [-0.4, -0.2) is 30.5 Å². The summed E-state index contributed by atoms with van der Waals surface area (Å²) >= 11 is 3.45. The summed E-state index contributed by atoms with van der Waals surface area (Å²) in [5, 5.41) is 7.10. The highest BCUT2D eigenvalue weighted by Crippen LogP contribution is 2.22. The molecule has 20 heavy (non-hydrogen) atoms. The van der Waals surface area contributed by atoms with Crippen LogP contribution in [0, 0.1) is 12.8 Å². The predicted molar refractivity (Wildman–Crippen MR) is 82.9 cm³/mol. The topological polar surface area (TPSA) is 54.0 Å². The van der Waals surface area contributed by atoms with Crippen LogP contribution >= 0.6 is 15.9 Å². The second kappa shape index (κ2) is 5.50. The molecule has 104 valence electrons. The van der Waals surface area contributed by atoms with Gasteiger partial charge in [0.05, 0.1) is 11.1 Å². The molecule has 1 aliphatic heterocycles. The van der Waals surface area contributed by atoms with Gasteiger partial charge in [0, 0.05) is 41.1 Å². The Bertz CT molecular complexity index is 667. The van der Waals surface area contributed by atoms with Crippen molar-refractivity contribution in [2.45, 2.75) is 6.92 Å². The zero-order valence-corrected chi connectivity index (χ0v) is 12.8. The Balaban J connectivity index is 1.91. The summed E-state index contributed by atoms with van der Waals surface area (Å²) in [6.45, 7) is 4.61. The fraction of sp³-hybridized carbons (Fsp3) is 0.333. The number of benzene rings is 1. The van der Waals surface area contributed by atoms with Gasteiger partial charge >= 0.3 is 0 Å². The van der Waals surface area contributed by atoms with Gasteiger partial charge in [-0.1, -0.05) is 15.9 Å². The van der Waals surface area contributed by atoms with Crippen LogP contribution in [0.4, 0.5) is 0 Å². The molecule has 0 atom stereocenters. The Morgan fingerprint density at radius 1 is 1.45 bits per heavy atom. The fourth-order valence-corrected chi connectivity index (χ4v) is 2.70. The van der Waals surface area contributed by atoms with Gasteiger partial charge in [-0.25, -0.2) is 0 Å².